The molecule has 1 atom stereocenters. The first-order valence-corrected chi connectivity index (χ1v) is 9.29. The lowest BCUT2D eigenvalue weighted by Gasteiger charge is -2.40. The number of furan rings is 1. The van der Waals surface area contributed by atoms with Gasteiger partial charge in [0, 0.05) is 25.7 Å². The van der Waals surface area contributed by atoms with Gasteiger partial charge in [-0.2, -0.15) is 0 Å². The number of hydrogen-bond acceptors (Lipinski definition) is 5. The fourth-order valence-corrected chi connectivity index (χ4v) is 3.71. The smallest absolute Gasteiger partial charge is 0.294 e. The fourth-order valence-electron chi connectivity index (χ4n) is 3.71. The Morgan fingerprint density at radius 2 is 1.93 bits per heavy atom. The van der Waals surface area contributed by atoms with Crippen molar-refractivity contribution in [1.82, 2.24) is 4.98 Å². The van der Waals surface area contributed by atoms with E-state index in [1.54, 1.807) is 35.2 Å². The van der Waals surface area contributed by atoms with Crippen molar-refractivity contribution in [3.63, 3.8) is 0 Å². The molecule has 1 aromatic carbocycles. The minimum Gasteiger partial charge on any atom is -0.481 e. The van der Waals surface area contributed by atoms with Crippen LogP contribution < -0.4 is 14.5 Å². The summed E-state index contributed by atoms with van der Waals surface area (Å²) in [6.45, 7) is 3.83. The molecule has 0 saturated heterocycles. The first kappa shape index (κ1) is 18.7. The van der Waals surface area contributed by atoms with Gasteiger partial charge in [0.1, 0.15) is 0 Å². The summed E-state index contributed by atoms with van der Waals surface area (Å²) in [6, 6.07) is 12.6. The zero-order valence-corrected chi connectivity index (χ0v) is 16.5. The van der Waals surface area contributed by atoms with E-state index in [1.807, 2.05) is 37.3 Å². The molecule has 0 saturated carbocycles. The van der Waals surface area contributed by atoms with E-state index >= 15 is 0 Å². The van der Waals surface area contributed by atoms with E-state index < -0.39 is 0 Å². The number of nitrogens with zero attached hydrogens (tertiary/aromatic N) is 3. The van der Waals surface area contributed by atoms with Crippen LogP contribution in [0.2, 0.25) is 0 Å². The second-order valence-electron chi connectivity index (χ2n) is 6.92. The van der Waals surface area contributed by atoms with E-state index in [0.717, 1.165) is 11.1 Å². The molecule has 3 heterocycles. The Bertz CT molecular complexity index is 1060. The minimum absolute atomic E-state index is 0.0674. The quantitative estimate of drug-likeness (QED) is 0.680. The maximum Gasteiger partial charge on any atom is 0.294 e. The van der Waals surface area contributed by atoms with E-state index in [9.17, 15) is 9.59 Å². The molecule has 2 amide bonds. The molecule has 0 bridgehead atoms. The van der Waals surface area contributed by atoms with Gasteiger partial charge in [-0.3, -0.25) is 9.59 Å². The second-order valence-corrected chi connectivity index (χ2v) is 6.92. The van der Waals surface area contributed by atoms with Crippen molar-refractivity contribution in [1.29, 1.82) is 0 Å². The lowest BCUT2D eigenvalue weighted by Crippen LogP contribution is -2.51. The molecular formula is C22H21N3O4. The van der Waals surface area contributed by atoms with Crippen LogP contribution in [0.3, 0.4) is 0 Å². The van der Waals surface area contributed by atoms with Crippen LogP contribution in [0.5, 0.6) is 5.88 Å². The number of carbonyl (C=O) groups excluding carboxylic acids is 2. The molecular weight excluding hydrogens is 370 g/mol. The molecule has 0 radical (unpaired) electrons. The van der Waals surface area contributed by atoms with Gasteiger partial charge in [-0.25, -0.2) is 4.98 Å². The van der Waals surface area contributed by atoms with Crippen LogP contribution in [0.4, 0.5) is 11.4 Å². The average Bonchev–Trinajstić information content (AvgIpc) is 3.27. The highest BCUT2D eigenvalue weighted by atomic mass is 16.5. The number of amides is 2. The number of pyridine rings is 1. The van der Waals surface area contributed by atoms with Gasteiger partial charge >= 0.3 is 0 Å². The Kier molecular flexibility index (Phi) is 4.80. The third-order valence-corrected chi connectivity index (χ3v) is 5.01. The summed E-state index contributed by atoms with van der Waals surface area (Å²) in [5.74, 6) is 0.455. The van der Waals surface area contributed by atoms with Gasteiger partial charge in [-0.1, -0.05) is 6.07 Å². The normalized spacial score (nSPS) is 15.8. The first-order chi connectivity index (χ1) is 14.0. The molecule has 0 N–H and O–H groups in total. The topological polar surface area (TPSA) is 75.9 Å². The summed E-state index contributed by atoms with van der Waals surface area (Å²) in [5.41, 5.74) is 3.15. The number of anilines is 2. The summed E-state index contributed by atoms with van der Waals surface area (Å²) < 4.78 is 10.5. The lowest BCUT2D eigenvalue weighted by molar-refractivity contribution is -0.117. The minimum atomic E-state index is -0.240. The van der Waals surface area contributed by atoms with Crippen molar-refractivity contribution in [2.24, 2.45) is 0 Å². The van der Waals surface area contributed by atoms with Crippen LogP contribution in [-0.2, 0) is 4.79 Å². The molecule has 0 unspecified atom stereocenters. The number of carbonyl (C=O) groups is 2. The van der Waals surface area contributed by atoms with Crippen LogP contribution in [-0.4, -0.2) is 36.5 Å². The molecule has 1 aliphatic heterocycles. The molecule has 0 spiro atoms. The van der Waals surface area contributed by atoms with Crippen LogP contribution >= 0.6 is 0 Å². The molecule has 4 rings (SSSR count). The lowest BCUT2D eigenvalue weighted by atomic mass is 10.0. The number of ether oxygens (including phenoxy) is 1. The predicted molar refractivity (Wildman–Crippen MR) is 109 cm³/mol. The summed E-state index contributed by atoms with van der Waals surface area (Å²) in [4.78, 5) is 32.9. The van der Waals surface area contributed by atoms with Crippen molar-refractivity contribution in [2.45, 2.75) is 19.9 Å². The molecule has 3 aromatic rings. The monoisotopic (exact) mass is 391 g/mol. The molecule has 7 nitrogen and oxygen atoms in total. The highest BCUT2D eigenvalue weighted by Crippen LogP contribution is 2.39. The van der Waals surface area contributed by atoms with Crippen LogP contribution in [0.15, 0.2) is 59.3 Å². The molecule has 148 valence electrons. The van der Waals surface area contributed by atoms with Gasteiger partial charge < -0.3 is 19.0 Å². The number of rotatable bonds is 3. The number of fused-ring (bicyclic) bond motifs is 1. The van der Waals surface area contributed by atoms with Crippen molar-refractivity contribution >= 4 is 23.2 Å². The second kappa shape index (κ2) is 7.43. The molecule has 1 aliphatic rings. The Morgan fingerprint density at radius 1 is 1.14 bits per heavy atom. The van der Waals surface area contributed by atoms with Gasteiger partial charge in [0.2, 0.25) is 11.8 Å². The van der Waals surface area contributed by atoms with Crippen LogP contribution in [0, 0.1) is 0 Å². The summed E-state index contributed by atoms with van der Waals surface area (Å²) in [6.07, 6.45) is 3.15. The highest BCUT2D eigenvalue weighted by Gasteiger charge is 2.35. The van der Waals surface area contributed by atoms with Crippen LogP contribution in [0.25, 0.3) is 11.1 Å². The zero-order valence-electron chi connectivity index (χ0n) is 16.5. The van der Waals surface area contributed by atoms with Gasteiger partial charge in [-0.15, -0.1) is 0 Å². The van der Waals surface area contributed by atoms with Gasteiger partial charge in [0.25, 0.3) is 5.91 Å². The van der Waals surface area contributed by atoms with E-state index in [0.29, 0.717) is 23.8 Å². The largest absolute Gasteiger partial charge is 0.481 e. The molecule has 0 fully saturated rings. The SMILES string of the molecule is COc1cc(-c2ccc3c(c2)N(C(=O)c2ccco2)C[C@H](C)N3C(C)=O)ccn1. The van der Waals surface area contributed by atoms with Gasteiger partial charge in [0.15, 0.2) is 5.76 Å². The van der Waals surface area contributed by atoms with Crippen molar-refractivity contribution < 1.29 is 18.7 Å². The molecule has 7 heteroatoms. The van der Waals surface area contributed by atoms with Crippen molar-refractivity contribution in [3.8, 4) is 17.0 Å². The predicted octanol–water partition coefficient (Wildman–Crippen LogP) is 3.75. The zero-order chi connectivity index (χ0) is 20.5. The van der Waals surface area contributed by atoms with E-state index in [2.05, 4.69) is 4.98 Å². The summed E-state index contributed by atoms with van der Waals surface area (Å²) in [7, 11) is 1.56. The maximum absolute atomic E-state index is 13.1. The third kappa shape index (κ3) is 3.35. The van der Waals surface area contributed by atoms with E-state index in [4.69, 9.17) is 9.15 Å². The van der Waals surface area contributed by atoms with Gasteiger partial charge in [0.05, 0.1) is 30.8 Å². The highest BCUT2D eigenvalue weighted by molar-refractivity contribution is 6.10. The third-order valence-electron chi connectivity index (χ3n) is 5.01. The molecule has 0 aliphatic carbocycles. The molecule has 29 heavy (non-hydrogen) atoms. The maximum atomic E-state index is 13.1. The Morgan fingerprint density at radius 3 is 2.62 bits per heavy atom. The Balaban J connectivity index is 1.84. The van der Waals surface area contributed by atoms with Crippen LogP contribution in [0.1, 0.15) is 24.4 Å². The summed E-state index contributed by atoms with van der Waals surface area (Å²) >= 11 is 0. The Hall–Kier alpha value is -3.61. The molecule has 2 aromatic heterocycles. The average molecular weight is 391 g/mol. The Labute approximate surface area is 168 Å². The standard InChI is InChI=1S/C22H21N3O4/c1-14-13-24(22(27)20-5-4-10-29-20)19-11-16(6-7-18(19)25(14)15(2)26)17-8-9-23-21(12-17)28-3/h4-12,14H,13H2,1-3H3/t14-/m0/s1. The van der Waals surface area contributed by atoms with Crippen molar-refractivity contribution in [3.05, 3.63) is 60.7 Å². The number of methoxy groups -OCH3 is 1. The first-order valence-electron chi connectivity index (χ1n) is 9.29. The number of hydrogen-bond donors (Lipinski definition) is 0. The van der Waals surface area contributed by atoms with Crippen molar-refractivity contribution in [2.75, 3.05) is 23.5 Å². The van der Waals surface area contributed by atoms with Gasteiger partial charge in [-0.05, 0) is 48.4 Å². The number of aromatic nitrogens is 1. The van der Waals surface area contributed by atoms with E-state index in [1.165, 1.54) is 13.2 Å². The summed E-state index contributed by atoms with van der Waals surface area (Å²) in [5, 5.41) is 0. The fraction of sp³-hybridized carbons (Fsp3) is 0.227. The van der Waals surface area contributed by atoms with E-state index in [-0.39, 0.29) is 23.6 Å². The number of benzene rings is 1.